The molecule has 0 aliphatic carbocycles. The number of Topliss-reactive ketones (excluding diaryl/α,β-unsaturated/α-hetero) is 1. The van der Waals surface area contributed by atoms with Crippen LogP contribution in [0.2, 0.25) is 0 Å². The van der Waals surface area contributed by atoms with Crippen LogP contribution in [0.1, 0.15) is 97.6 Å². The lowest BCUT2D eigenvalue weighted by molar-refractivity contribution is -0.121. The highest BCUT2D eigenvalue weighted by molar-refractivity contribution is 6.07. The number of amides is 4. The lowest BCUT2D eigenvalue weighted by atomic mass is 10.1. The molecule has 16 nitrogen and oxygen atoms in total. The Morgan fingerprint density at radius 1 is 0.947 bits per heavy atom. The second-order valence-electron chi connectivity index (χ2n) is 14.0. The Balaban J connectivity index is 1.35. The molecule has 0 atom stereocenters. The number of nitrogens with one attached hydrogen (secondary N) is 2. The Morgan fingerprint density at radius 3 is 2.28 bits per heavy atom. The fourth-order valence-electron chi connectivity index (χ4n) is 5.23. The predicted octanol–water partition coefficient (Wildman–Crippen LogP) is 6.25. The Kier molecular flexibility index (Phi) is 15.0. The maximum Gasteiger partial charge on any atom is 0.416 e. The Hall–Kier alpha value is -6.11. The van der Waals surface area contributed by atoms with Gasteiger partial charge >= 0.3 is 12.3 Å². The molecule has 0 bridgehead atoms. The van der Waals surface area contributed by atoms with E-state index in [1.807, 2.05) is 0 Å². The normalized spacial score (nSPS) is 11.6. The minimum Gasteiger partial charge on any atom is -0.444 e. The third-order valence-corrected chi connectivity index (χ3v) is 7.85. The number of carbonyl (C=O) groups is 5. The van der Waals surface area contributed by atoms with Crippen molar-refractivity contribution in [2.24, 2.45) is 5.73 Å². The molecular formula is C38H45F3N8O8. The lowest BCUT2D eigenvalue weighted by Gasteiger charge is -2.27. The molecule has 4 N–H and O–H groups in total. The minimum atomic E-state index is -4.78. The monoisotopic (exact) mass is 798 g/mol. The van der Waals surface area contributed by atoms with E-state index in [4.69, 9.17) is 19.6 Å². The quantitative estimate of drug-likeness (QED) is 0.0902. The number of primary amides is 1. The summed E-state index contributed by atoms with van der Waals surface area (Å²) in [5.41, 5.74) is 4.78. The molecule has 1 aromatic carbocycles. The number of pyridine rings is 1. The summed E-state index contributed by atoms with van der Waals surface area (Å²) in [5.74, 6) is -2.62. The summed E-state index contributed by atoms with van der Waals surface area (Å²) in [6.07, 6.45) is 3.18. The molecular weight excluding hydrogens is 753 g/mol. The highest BCUT2D eigenvalue weighted by Crippen LogP contribution is 2.28. The second-order valence-corrected chi connectivity index (χ2v) is 14.0. The van der Waals surface area contributed by atoms with Gasteiger partial charge in [-0.3, -0.25) is 24.1 Å². The molecule has 0 aliphatic rings. The highest BCUT2D eigenvalue weighted by Gasteiger charge is 2.37. The van der Waals surface area contributed by atoms with Gasteiger partial charge in [0.15, 0.2) is 17.2 Å². The maximum atomic E-state index is 13.4. The van der Waals surface area contributed by atoms with E-state index in [0.29, 0.717) is 29.3 Å². The molecule has 3 heterocycles. The third-order valence-electron chi connectivity index (χ3n) is 7.85. The lowest BCUT2D eigenvalue weighted by Crippen LogP contribution is -2.42. The van der Waals surface area contributed by atoms with Crippen molar-refractivity contribution in [1.82, 2.24) is 25.1 Å². The number of rotatable bonds is 19. The number of ether oxygens (including phenoxy) is 2. The van der Waals surface area contributed by atoms with Gasteiger partial charge < -0.3 is 30.3 Å². The SMILES string of the molecule is CC(=O)COCCCCCCCCNC(=O)c1ccc(-n2cc(NC(=O)c3coc(-c4ccnc(N(CC(F)(F)F)C(=O)OC(C)(C)C)c4)n3)c(C(N)=O)n2)cc1. The number of nitrogens with two attached hydrogens (primary N) is 1. The zero-order valence-corrected chi connectivity index (χ0v) is 32.0. The number of unbranched alkanes of at least 4 members (excludes halogenated alkanes) is 5. The number of carbonyl (C=O) groups excluding carboxylic acids is 5. The maximum absolute atomic E-state index is 13.4. The second kappa shape index (κ2) is 19.7. The molecule has 0 saturated carbocycles. The molecule has 306 valence electrons. The first-order valence-electron chi connectivity index (χ1n) is 18.1. The van der Waals surface area contributed by atoms with Crippen molar-refractivity contribution >= 4 is 41.1 Å². The average molecular weight is 799 g/mol. The summed E-state index contributed by atoms with van der Waals surface area (Å²) in [6.45, 7) is 5.56. The number of anilines is 2. The summed E-state index contributed by atoms with van der Waals surface area (Å²) >= 11 is 0. The van der Waals surface area contributed by atoms with Crippen LogP contribution in [0, 0.1) is 0 Å². The number of oxazole rings is 1. The van der Waals surface area contributed by atoms with E-state index < -0.39 is 42.0 Å². The molecule has 3 aromatic heterocycles. The Labute approximate surface area is 326 Å². The van der Waals surface area contributed by atoms with Gasteiger partial charge in [-0.15, -0.1) is 0 Å². The smallest absolute Gasteiger partial charge is 0.416 e. The summed E-state index contributed by atoms with van der Waals surface area (Å²) in [7, 11) is 0. The van der Waals surface area contributed by atoms with Crippen molar-refractivity contribution < 1.29 is 51.0 Å². The number of aromatic nitrogens is 4. The van der Waals surface area contributed by atoms with Crippen molar-refractivity contribution in [2.45, 2.75) is 78.0 Å². The van der Waals surface area contributed by atoms with Gasteiger partial charge in [0, 0.05) is 30.5 Å². The molecule has 0 unspecified atom stereocenters. The first-order valence-corrected chi connectivity index (χ1v) is 18.1. The molecule has 4 amide bonds. The fourth-order valence-corrected chi connectivity index (χ4v) is 5.23. The number of nitrogens with zero attached hydrogens (tertiary/aromatic N) is 5. The Morgan fingerprint density at radius 2 is 1.63 bits per heavy atom. The molecule has 4 aromatic rings. The first kappa shape index (κ1) is 43.6. The van der Waals surface area contributed by atoms with Crippen LogP contribution >= 0.6 is 0 Å². The van der Waals surface area contributed by atoms with E-state index >= 15 is 0 Å². The van der Waals surface area contributed by atoms with Gasteiger partial charge in [0.2, 0.25) is 5.89 Å². The molecule has 57 heavy (non-hydrogen) atoms. The van der Waals surface area contributed by atoms with Crippen LogP contribution in [0.15, 0.2) is 59.5 Å². The van der Waals surface area contributed by atoms with Crippen LogP contribution in [-0.4, -0.2) is 87.4 Å². The van der Waals surface area contributed by atoms with Crippen LogP contribution in [0.5, 0.6) is 0 Å². The van der Waals surface area contributed by atoms with E-state index in [2.05, 4.69) is 25.7 Å². The van der Waals surface area contributed by atoms with Gasteiger partial charge in [-0.25, -0.2) is 19.4 Å². The van der Waals surface area contributed by atoms with Crippen LogP contribution in [0.25, 0.3) is 17.1 Å². The number of alkyl halides is 3. The van der Waals surface area contributed by atoms with Crippen LogP contribution in [0.3, 0.4) is 0 Å². The summed E-state index contributed by atoms with van der Waals surface area (Å²) in [4.78, 5) is 70.0. The van der Waals surface area contributed by atoms with Gasteiger partial charge in [0.05, 0.1) is 17.6 Å². The molecule has 0 saturated heterocycles. The first-order chi connectivity index (χ1) is 26.9. The highest BCUT2D eigenvalue weighted by atomic mass is 19.4. The van der Waals surface area contributed by atoms with E-state index in [1.54, 1.807) is 24.3 Å². The van der Waals surface area contributed by atoms with E-state index in [9.17, 15) is 37.1 Å². The van der Waals surface area contributed by atoms with Gasteiger partial charge in [0.25, 0.3) is 17.7 Å². The van der Waals surface area contributed by atoms with Crippen molar-refractivity contribution in [3.8, 4) is 17.1 Å². The van der Waals surface area contributed by atoms with Crippen molar-refractivity contribution in [3.05, 3.63) is 72.0 Å². The standard InChI is InChI=1S/C38H45F3N8O8/c1-24(50)21-55-18-10-8-6-5-7-9-16-44-33(52)25-11-13-27(14-12-25)49-20-28(31(47-49)32(42)51)45-34(53)29-22-56-35(46-29)26-15-17-43-30(19-26)48(23-38(39,40)41)36(54)57-37(2,3)4/h11-15,17,19-20,22H,5-10,16,18,21,23H2,1-4H3,(H2,42,51)(H,44,52)(H,45,53). The number of hydrogen-bond acceptors (Lipinski definition) is 11. The van der Waals surface area contributed by atoms with Gasteiger partial charge in [-0.05, 0) is 76.9 Å². The van der Waals surface area contributed by atoms with Crippen LogP contribution in [0.4, 0.5) is 29.5 Å². The Bertz CT molecular complexity index is 2020. The number of hydrogen-bond donors (Lipinski definition) is 3. The molecule has 19 heteroatoms. The molecule has 4 rings (SSSR count). The van der Waals surface area contributed by atoms with Crippen LogP contribution < -0.4 is 21.3 Å². The molecule has 0 radical (unpaired) electrons. The van der Waals surface area contributed by atoms with Gasteiger partial charge in [0.1, 0.15) is 30.8 Å². The topological polar surface area (TPSA) is 214 Å². The molecule has 0 aliphatic heterocycles. The van der Waals surface area contributed by atoms with Crippen LogP contribution in [-0.2, 0) is 14.3 Å². The third kappa shape index (κ3) is 13.9. The number of ketones is 1. The number of benzene rings is 1. The van der Waals surface area contributed by atoms with Gasteiger partial charge in [-0.1, -0.05) is 25.7 Å². The summed E-state index contributed by atoms with van der Waals surface area (Å²) in [5, 5.41) is 9.59. The number of halogens is 3. The van der Waals surface area contributed by atoms with Crippen molar-refractivity contribution in [1.29, 1.82) is 0 Å². The molecule has 0 spiro atoms. The van der Waals surface area contributed by atoms with Gasteiger partial charge in [-0.2, -0.15) is 18.3 Å². The average Bonchev–Trinajstić information content (AvgIpc) is 3.80. The zero-order valence-electron chi connectivity index (χ0n) is 32.0. The predicted molar refractivity (Wildman–Crippen MR) is 201 cm³/mol. The summed E-state index contributed by atoms with van der Waals surface area (Å²) < 4.78 is 57.3. The molecule has 0 fully saturated rings. The summed E-state index contributed by atoms with van der Waals surface area (Å²) in [6, 6.07) is 8.84. The van der Waals surface area contributed by atoms with Crippen molar-refractivity contribution in [2.75, 3.05) is 36.5 Å². The minimum absolute atomic E-state index is 0.0137. The zero-order chi connectivity index (χ0) is 41.8. The van der Waals surface area contributed by atoms with Crippen molar-refractivity contribution in [3.63, 3.8) is 0 Å². The van der Waals surface area contributed by atoms with E-state index in [1.165, 1.54) is 44.6 Å². The van der Waals surface area contributed by atoms with E-state index in [0.717, 1.165) is 57.1 Å². The van der Waals surface area contributed by atoms with E-state index in [-0.39, 0.29) is 46.8 Å². The fraction of sp³-hybridized carbons (Fsp3) is 0.421. The largest absolute Gasteiger partial charge is 0.444 e.